The third kappa shape index (κ3) is 4.70. The number of pyridine rings is 1. The zero-order valence-electron chi connectivity index (χ0n) is 21.7. The van der Waals surface area contributed by atoms with Crippen molar-refractivity contribution in [2.75, 3.05) is 19.5 Å². The highest BCUT2D eigenvalue weighted by Gasteiger charge is 2.32. The van der Waals surface area contributed by atoms with E-state index in [9.17, 15) is 0 Å². The van der Waals surface area contributed by atoms with Crippen molar-refractivity contribution in [1.82, 2.24) is 19.9 Å². The SMILES string of the molecule is CC.COc1ccc(CNc2nccc3c2c(-c2noc(C4CC4)c2C)nn3C(C)C)c(OC)c1. The fraction of sp³-hybridized carbons (Fsp3) is 0.444. The second-order valence-corrected chi connectivity index (χ2v) is 8.77. The van der Waals surface area contributed by atoms with E-state index < -0.39 is 0 Å². The predicted molar refractivity (Wildman–Crippen MR) is 138 cm³/mol. The van der Waals surface area contributed by atoms with Gasteiger partial charge in [0.1, 0.15) is 34.5 Å². The second kappa shape index (κ2) is 10.4. The third-order valence-corrected chi connectivity index (χ3v) is 6.18. The Hall–Kier alpha value is -3.55. The first-order valence-corrected chi connectivity index (χ1v) is 12.3. The van der Waals surface area contributed by atoms with Gasteiger partial charge in [-0.05, 0) is 51.8 Å². The molecule has 5 rings (SSSR count). The van der Waals surface area contributed by atoms with Crippen LogP contribution in [-0.2, 0) is 6.54 Å². The number of hydrogen-bond donors (Lipinski definition) is 1. The number of aromatic nitrogens is 4. The zero-order valence-corrected chi connectivity index (χ0v) is 21.7. The Morgan fingerprint density at radius 3 is 2.54 bits per heavy atom. The van der Waals surface area contributed by atoms with Crippen molar-refractivity contribution in [2.45, 2.75) is 66.0 Å². The highest BCUT2D eigenvalue weighted by molar-refractivity contribution is 6.00. The Bertz CT molecular complexity index is 1300. The molecule has 0 saturated heterocycles. The molecule has 0 atom stereocenters. The van der Waals surface area contributed by atoms with Crippen LogP contribution in [0.5, 0.6) is 11.5 Å². The molecular weight excluding hydrogens is 442 g/mol. The molecule has 1 fully saturated rings. The number of nitrogens with zero attached hydrogens (tertiary/aromatic N) is 4. The van der Waals surface area contributed by atoms with Crippen LogP contribution in [0.2, 0.25) is 0 Å². The first kappa shape index (κ1) is 24.6. The smallest absolute Gasteiger partial charge is 0.143 e. The van der Waals surface area contributed by atoms with Crippen LogP contribution in [0.15, 0.2) is 35.0 Å². The van der Waals surface area contributed by atoms with Gasteiger partial charge in [0, 0.05) is 41.9 Å². The molecule has 0 radical (unpaired) electrons. The van der Waals surface area contributed by atoms with Gasteiger partial charge < -0.3 is 19.3 Å². The number of rotatable bonds is 8. The lowest BCUT2D eigenvalue weighted by molar-refractivity contribution is 0.385. The summed E-state index contributed by atoms with van der Waals surface area (Å²) in [4.78, 5) is 4.67. The van der Waals surface area contributed by atoms with Crippen LogP contribution in [0.4, 0.5) is 5.82 Å². The first-order chi connectivity index (χ1) is 17.0. The largest absolute Gasteiger partial charge is 0.497 e. The maximum absolute atomic E-state index is 5.75. The Labute approximate surface area is 206 Å². The molecule has 0 unspecified atom stereocenters. The molecule has 35 heavy (non-hydrogen) atoms. The summed E-state index contributed by atoms with van der Waals surface area (Å²) in [6.45, 7) is 10.9. The van der Waals surface area contributed by atoms with E-state index in [0.717, 1.165) is 69.3 Å². The fourth-order valence-electron chi connectivity index (χ4n) is 4.25. The Kier molecular flexibility index (Phi) is 7.28. The molecule has 8 heteroatoms. The Balaban J connectivity index is 0.00000141. The summed E-state index contributed by atoms with van der Waals surface area (Å²) < 4.78 is 18.6. The van der Waals surface area contributed by atoms with Gasteiger partial charge in [0.15, 0.2) is 0 Å². The van der Waals surface area contributed by atoms with Gasteiger partial charge in [0.05, 0.1) is 25.1 Å². The number of hydrogen-bond acceptors (Lipinski definition) is 7. The van der Waals surface area contributed by atoms with Crippen molar-refractivity contribution in [3.05, 3.63) is 47.3 Å². The van der Waals surface area contributed by atoms with Gasteiger partial charge in [0.2, 0.25) is 0 Å². The number of anilines is 1. The highest BCUT2D eigenvalue weighted by atomic mass is 16.5. The molecule has 1 aromatic carbocycles. The van der Waals surface area contributed by atoms with Crippen LogP contribution >= 0.6 is 0 Å². The van der Waals surface area contributed by atoms with E-state index >= 15 is 0 Å². The van der Waals surface area contributed by atoms with Crippen molar-refractivity contribution in [1.29, 1.82) is 0 Å². The van der Waals surface area contributed by atoms with Crippen molar-refractivity contribution in [3.63, 3.8) is 0 Å². The summed E-state index contributed by atoms with van der Waals surface area (Å²) in [5, 5.41) is 13.8. The standard InChI is InChI=1S/C25H29N5O3.C2H6/c1-14(2)30-19-10-11-26-25(27-13-17-8-9-18(31-4)12-20(17)32-5)21(19)23(28-30)22-15(3)24(33-29-22)16-6-7-16;1-2/h8-12,14,16H,6-7,13H2,1-5H3,(H,26,27);1-2H3. The number of methoxy groups -OCH3 is 2. The number of ether oxygens (including phenoxy) is 2. The normalized spacial score (nSPS) is 13.0. The monoisotopic (exact) mass is 477 g/mol. The summed E-state index contributed by atoms with van der Waals surface area (Å²) in [6, 6.07) is 7.99. The average Bonchev–Trinajstić information content (AvgIpc) is 3.54. The molecule has 0 spiro atoms. The minimum atomic E-state index is 0.188. The van der Waals surface area contributed by atoms with Gasteiger partial charge in [0.25, 0.3) is 0 Å². The zero-order chi connectivity index (χ0) is 25.1. The lowest BCUT2D eigenvalue weighted by Gasteiger charge is -2.12. The lowest BCUT2D eigenvalue weighted by Crippen LogP contribution is -2.05. The summed E-state index contributed by atoms with van der Waals surface area (Å²) in [7, 11) is 3.30. The van der Waals surface area contributed by atoms with E-state index in [4.69, 9.17) is 19.1 Å². The molecule has 4 aromatic rings. The van der Waals surface area contributed by atoms with Crippen molar-refractivity contribution in [2.24, 2.45) is 0 Å². The summed E-state index contributed by atoms with van der Waals surface area (Å²) in [5.74, 6) is 3.74. The topological polar surface area (TPSA) is 87.2 Å². The van der Waals surface area contributed by atoms with Crippen LogP contribution in [0.25, 0.3) is 22.3 Å². The van der Waals surface area contributed by atoms with E-state index in [1.165, 1.54) is 0 Å². The molecule has 8 nitrogen and oxygen atoms in total. The van der Waals surface area contributed by atoms with Gasteiger partial charge >= 0.3 is 0 Å². The van der Waals surface area contributed by atoms with Gasteiger partial charge in [-0.3, -0.25) is 4.68 Å². The van der Waals surface area contributed by atoms with Crippen LogP contribution in [0, 0.1) is 6.92 Å². The third-order valence-electron chi connectivity index (χ3n) is 6.18. The quantitative estimate of drug-likeness (QED) is 0.309. The molecule has 1 aliphatic carbocycles. The molecular formula is C27H35N5O3. The molecule has 186 valence electrons. The predicted octanol–water partition coefficient (Wildman–Crippen LogP) is 6.51. The molecule has 3 aromatic heterocycles. The molecule has 3 heterocycles. The number of nitrogens with one attached hydrogen (secondary N) is 1. The molecule has 0 aliphatic heterocycles. The summed E-state index contributed by atoms with van der Waals surface area (Å²) in [6.07, 6.45) is 4.13. The minimum Gasteiger partial charge on any atom is -0.497 e. The summed E-state index contributed by atoms with van der Waals surface area (Å²) >= 11 is 0. The second-order valence-electron chi connectivity index (χ2n) is 8.77. The fourth-order valence-corrected chi connectivity index (χ4v) is 4.25. The maximum atomic E-state index is 5.75. The van der Waals surface area contributed by atoms with Gasteiger partial charge in [-0.2, -0.15) is 5.10 Å². The molecule has 1 N–H and O–H groups in total. The number of benzene rings is 1. The van der Waals surface area contributed by atoms with E-state index in [2.05, 4.69) is 36.2 Å². The van der Waals surface area contributed by atoms with Gasteiger partial charge in [-0.15, -0.1) is 0 Å². The number of fused-ring (bicyclic) bond motifs is 1. The van der Waals surface area contributed by atoms with Crippen molar-refractivity contribution >= 4 is 16.7 Å². The van der Waals surface area contributed by atoms with E-state index in [1.54, 1.807) is 14.2 Å². The summed E-state index contributed by atoms with van der Waals surface area (Å²) in [5.41, 5.74) is 4.67. The minimum absolute atomic E-state index is 0.188. The molecule has 0 bridgehead atoms. The van der Waals surface area contributed by atoms with Crippen LogP contribution < -0.4 is 14.8 Å². The van der Waals surface area contributed by atoms with E-state index in [-0.39, 0.29) is 6.04 Å². The molecule has 0 amide bonds. The van der Waals surface area contributed by atoms with Crippen molar-refractivity contribution in [3.8, 4) is 22.9 Å². The van der Waals surface area contributed by atoms with Gasteiger partial charge in [-0.25, -0.2) is 4.98 Å². The van der Waals surface area contributed by atoms with Crippen LogP contribution in [0.1, 0.15) is 69.4 Å². The van der Waals surface area contributed by atoms with Crippen LogP contribution in [-0.4, -0.2) is 34.1 Å². The average molecular weight is 478 g/mol. The Morgan fingerprint density at radius 1 is 1.11 bits per heavy atom. The van der Waals surface area contributed by atoms with Gasteiger partial charge in [-0.1, -0.05) is 19.0 Å². The maximum Gasteiger partial charge on any atom is 0.143 e. The molecule has 1 aliphatic rings. The first-order valence-electron chi connectivity index (χ1n) is 12.3. The lowest BCUT2D eigenvalue weighted by atomic mass is 10.1. The highest BCUT2D eigenvalue weighted by Crippen LogP contribution is 2.44. The van der Waals surface area contributed by atoms with Crippen molar-refractivity contribution < 1.29 is 14.0 Å². The van der Waals surface area contributed by atoms with Crippen LogP contribution in [0.3, 0.4) is 0 Å². The van der Waals surface area contributed by atoms with E-state index in [0.29, 0.717) is 12.5 Å². The Morgan fingerprint density at radius 2 is 1.89 bits per heavy atom. The van der Waals surface area contributed by atoms with E-state index in [1.807, 2.05) is 49.0 Å². The molecule has 1 saturated carbocycles.